The van der Waals surface area contributed by atoms with Gasteiger partial charge in [0.25, 0.3) is 0 Å². The van der Waals surface area contributed by atoms with E-state index in [9.17, 15) is 24.3 Å². The third-order valence-corrected chi connectivity index (χ3v) is 8.62. The zero-order valence-corrected chi connectivity index (χ0v) is 30.3. The number of ketones is 1. The largest absolute Gasteiger partial charge is 0.478 e. The Labute approximate surface area is 287 Å². The molecule has 0 aliphatic carbocycles. The van der Waals surface area contributed by atoms with Gasteiger partial charge in [0.15, 0.2) is 5.78 Å². The minimum atomic E-state index is -1.06. The molecule has 0 radical (unpaired) electrons. The average Bonchev–Trinajstić information content (AvgIpc) is 3.06. The lowest BCUT2D eigenvalue weighted by Crippen LogP contribution is -2.61. The van der Waals surface area contributed by atoms with Crippen molar-refractivity contribution >= 4 is 23.6 Å². The van der Waals surface area contributed by atoms with Gasteiger partial charge in [-0.1, -0.05) is 132 Å². The number of hydrogen-bond donors (Lipinski definition) is 3. The molecule has 8 nitrogen and oxygen atoms in total. The van der Waals surface area contributed by atoms with Gasteiger partial charge in [0, 0.05) is 35.1 Å². The molecule has 2 amide bonds. The van der Waals surface area contributed by atoms with Crippen LogP contribution in [0.1, 0.15) is 76.9 Å². The van der Waals surface area contributed by atoms with E-state index in [1.54, 1.807) is 50.5 Å². The van der Waals surface area contributed by atoms with Crippen LogP contribution in [0.3, 0.4) is 0 Å². The first-order valence-corrected chi connectivity index (χ1v) is 16.2. The number of benzene rings is 2. The Morgan fingerprint density at radius 3 is 1.90 bits per heavy atom. The lowest BCUT2D eigenvalue weighted by atomic mass is 9.76. The van der Waals surface area contributed by atoms with Gasteiger partial charge in [-0.15, -0.1) is 0 Å². The van der Waals surface area contributed by atoms with E-state index in [0.29, 0.717) is 11.1 Å². The molecule has 0 fully saturated rings. The molecule has 48 heavy (non-hydrogen) atoms. The zero-order valence-electron chi connectivity index (χ0n) is 30.3. The van der Waals surface area contributed by atoms with E-state index in [2.05, 4.69) is 23.8 Å². The van der Waals surface area contributed by atoms with Crippen molar-refractivity contribution in [2.45, 2.75) is 78.9 Å². The number of carboxylic acids is 1. The van der Waals surface area contributed by atoms with Crippen molar-refractivity contribution in [2.75, 3.05) is 14.1 Å². The molecule has 8 heteroatoms. The maximum atomic E-state index is 14.3. The third-order valence-electron chi connectivity index (χ3n) is 8.62. The molecule has 0 aromatic heterocycles. The molecule has 0 bridgehead atoms. The number of amides is 2. The molecule has 2 rings (SSSR count). The molecule has 0 heterocycles. The van der Waals surface area contributed by atoms with Gasteiger partial charge < -0.3 is 20.6 Å². The number of aliphatic carboxylic acids is 1. The van der Waals surface area contributed by atoms with Crippen LogP contribution in [0, 0.1) is 11.8 Å². The fraction of sp³-hybridized carbons (Fsp3) is 0.400. The van der Waals surface area contributed by atoms with Crippen LogP contribution in [0.4, 0.5) is 0 Å². The molecular weight excluding hydrogens is 602 g/mol. The van der Waals surface area contributed by atoms with E-state index in [1.165, 1.54) is 11.8 Å². The van der Waals surface area contributed by atoms with E-state index < -0.39 is 29.5 Å². The molecule has 2 aromatic rings. The Bertz CT molecular complexity index is 1470. The summed E-state index contributed by atoms with van der Waals surface area (Å²) in [6.45, 7) is 22.2. The number of likely N-dealkylation sites (N-methyl/N-ethyl adjacent to an activating group) is 2. The summed E-state index contributed by atoms with van der Waals surface area (Å²) in [5.74, 6) is -2.20. The molecule has 0 spiro atoms. The van der Waals surface area contributed by atoms with E-state index in [0.717, 1.165) is 11.1 Å². The number of nitrogens with zero attached hydrogens (tertiary/aromatic N) is 1. The number of carbonyl (C=O) groups is 4. The Morgan fingerprint density at radius 1 is 0.938 bits per heavy atom. The van der Waals surface area contributed by atoms with Gasteiger partial charge in [-0.25, -0.2) is 4.79 Å². The van der Waals surface area contributed by atoms with Crippen LogP contribution in [0.15, 0.2) is 103 Å². The van der Waals surface area contributed by atoms with Crippen molar-refractivity contribution in [2.24, 2.45) is 11.8 Å². The van der Waals surface area contributed by atoms with E-state index in [-0.39, 0.29) is 35.0 Å². The molecule has 0 aliphatic heterocycles. The summed E-state index contributed by atoms with van der Waals surface area (Å²) >= 11 is 0. The summed E-state index contributed by atoms with van der Waals surface area (Å²) < 4.78 is 0. The van der Waals surface area contributed by atoms with Crippen LogP contribution in [-0.2, 0) is 19.8 Å². The summed E-state index contributed by atoms with van der Waals surface area (Å²) in [7, 11) is 3.32. The van der Waals surface area contributed by atoms with Crippen molar-refractivity contribution in [3.05, 3.63) is 120 Å². The van der Waals surface area contributed by atoms with Gasteiger partial charge >= 0.3 is 5.97 Å². The zero-order chi connectivity index (χ0) is 36.8. The molecular formula is C40H55N3O5. The highest BCUT2D eigenvalue weighted by Crippen LogP contribution is 2.31. The molecule has 2 aromatic carbocycles. The quantitative estimate of drug-likeness (QED) is 0.0846. The van der Waals surface area contributed by atoms with E-state index in [4.69, 9.17) is 0 Å². The van der Waals surface area contributed by atoms with Crippen LogP contribution >= 0.6 is 0 Å². The van der Waals surface area contributed by atoms with Crippen LogP contribution in [-0.4, -0.2) is 65.8 Å². The van der Waals surface area contributed by atoms with Gasteiger partial charge in [0.1, 0.15) is 6.04 Å². The molecule has 0 saturated heterocycles. The second kappa shape index (κ2) is 19.3. The predicted molar refractivity (Wildman–Crippen MR) is 196 cm³/mol. The Hall–Kier alpha value is -4.56. The SMILES string of the molecule is C=C(C)C(C)[C@H](NC)C(=O)NC(C(=O)N(C)[C@H](/C=C(\C)C(=O)O)C(C)C)C(C)(C)c1ccc(C(=O)c2ccccc2)cc1.C=C/C=C\C. The first kappa shape index (κ1) is 41.5. The third kappa shape index (κ3) is 11.3. The minimum absolute atomic E-state index is 0.0977. The van der Waals surface area contributed by atoms with Gasteiger partial charge in [0.2, 0.25) is 11.8 Å². The van der Waals surface area contributed by atoms with Crippen molar-refractivity contribution < 1.29 is 24.3 Å². The summed E-state index contributed by atoms with van der Waals surface area (Å²) in [5, 5.41) is 15.6. The van der Waals surface area contributed by atoms with Gasteiger partial charge in [-0.05, 0) is 39.3 Å². The van der Waals surface area contributed by atoms with Crippen LogP contribution in [0.2, 0.25) is 0 Å². The molecule has 3 N–H and O–H groups in total. The molecule has 0 aliphatic rings. The van der Waals surface area contributed by atoms with Crippen molar-refractivity contribution in [3.63, 3.8) is 0 Å². The van der Waals surface area contributed by atoms with Crippen LogP contribution in [0.25, 0.3) is 0 Å². The molecule has 260 valence electrons. The number of nitrogens with one attached hydrogen (secondary N) is 2. The van der Waals surface area contributed by atoms with Gasteiger partial charge in [0.05, 0.1) is 12.1 Å². The standard InChI is InChI=1S/C35H47N3O5.C5H8/c1-21(2)24(6)29(36-9)32(40)37-31(33(41)38(10)28(22(3)4)20-23(5)34(42)43)35(7,8)27-18-16-26(17-19-27)30(39)25-14-12-11-13-15-25;1-3-5-4-2/h11-20,22,24,28-29,31,36H,1H2,2-10H3,(H,37,40)(H,42,43);3-5H,1H2,2H3/b23-20+;5-4-/t24?,28-,29+,31?;/m1./s1. The number of carboxylic acid groups (broad SMARTS) is 1. The van der Waals surface area contributed by atoms with Crippen LogP contribution in [0.5, 0.6) is 0 Å². The summed E-state index contributed by atoms with van der Waals surface area (Å²) in [6, 6.07) is 13.9. The number of hydrogen-bond acceptors (Lipinski definition) is 5. The highest BCUT2D eigenvalue weighted by Gasteiger charge is 2.42. The van der Waals surface area contributed by atoms with E-state index >= 15 is 0 Å². The predicted octanol–water partition coefficient (Wildman–Crippen LogP) is 6.74. The summed E-state index contributed by atoms with van der Waals surface area (Å²) in [4.78, 5) is 54.1. The smallest absolute Gasteiger partial charge is 0.331 e. The maximum Gasteiger partial charge on any atom is 0.331 e. The summed E-state index contributed by atoms with van der Waals surface area (Å²) in [6.07, 6.45) is 7.15. The fourth-order valence-electron chi connectivity index (χ4n) is 5.22. The lowest BCUT2D eigenvalue weighted by Gasteiger charge is -2.40. The monoisotopic (exact) mass is 657 g/mol. The first-order chi connectivity index (χ1) is 22.5. The number of carbonyl (C=O) groups excluding carboxylic acids is 3. The first-order valence-electron chi connectivity index (χ1n) is 16.2. The van der Waals surface area contributed by atoms with Crippen molar-refractivity contribution in [1.82, 2.24) is 15.5 Å². The topological polar surface area (TPSA) is 116 Å². The lowest BCUT2D eigenvalue weighted by molar-refractivity contribution is -0.139. The minimum Gasteiger partial charge on any atom is -0.478 e. The van der Waals surface area contributed by atoms with Gasteiger partial charge in [-0.2, -0.15) is 0 Å². The fourth-order valence-corrected chi connectivity index (χ4v) is 5.22. The second-order valence-electron chi connectivity index (χ2n) is 12.9. The molecule has 2 unspecified atom stereocenters. The van der Waals surface area contributed by atoms with Crippen molar-refractivity contribution in [1.29, 1.82) is 0 Å². The number of rotatable bonds is 15. The summed E-state index contributed by atoms with van der Waals surface area (Å²) in [5.41, 5.74) is 1.85. The van der Waals surface area contributed by atoms with Gasteiger partial charge in [-0.3, -0.25) is 14.4 Å². The molecule has 0 saturated carbocycles. The van der Waals surface area contributed by atoms with E-state index in [1.807, 2.05) is 91.0 Å². The molecule has 4 atom stereocenters. The second-order valence-corrected chi connectivity index (χ2v) is 12.9. The Kier molecular flexibility index (Phi) is 16.7. The Morgan fingerprint density at radius 2 is 1.48 bits per heavy atom. The highest BCUT2D eigenvalue weighted by atomic mass is 16.4. The Balaban J connectivity index is 0.00000213. The number of allylic oxidation sites excluding steroid dienone is 3. The normalized spacial score (nSPS) is 14.2. The maximum absolute atomic E-state index is 14.3. The van der Waals surface area contributed by atoms with Crippen molar-refractivity contribution in [3.8, 4) is 0 Å². The highest BCUT2D eigenvalue weighted by molar-refractivity contribution is 6.09. The van der Waals surface area contributed by atoms with Crippen LogP contribution < -0.4 is 10.6 Å². The average molecular weight is 658 g/mol.